The second kappa shape index (κ2) is 8.00. The highest BCUT2D eigenvalue weighted by atomic mass is 35.5. The number of hydrogen-bond acceptors (Lipinski definition) is 2. The fourth-order valence-electron chi connectivity index (χ4n) is 2.97. The van der Waals surface area contributed by atoms with E-state index in [9.17, 15) is 4.39 Å². The van der Waals surface area contributed by atoms with Crippen molar-refractivity contribution < 1.29 is 4.39 Å². The van der Waals surface area contributed by atoms with E-state index in [-0.39, 0.29) is 5.82 Å². The lowest BCUT2D eigenvalue weighted by Gasteiger charge is -2.10. The monoisotopic (exact) mass is 359 g/mol. The van der Waals surface area contributed by atoms with Crippen LogP contribution >= 0.6 is 11.6 Å². The lowest BCUT2D eigenvalue weighted by Crippen LogP contribution is -2.26. The molecule has 3 nitrogen and oxygen atoms in total. The van der Waals surface area contributed by atoms with Crippen molar-refractivity contribution in [1.82, 2.24) is 14.8 Å². The molecule has 0 saturated carbocycles. The minimum atomic E-state index is -0.268. The normalized spacial score (nSPS) is 11.6. The molecule has 1 aromatic heterocycles. The summed E-state index contributed by atoms with van der Waals surface area (Å²) in [5.74, 6) is -0.268. The summed E-state index contributed by atoms with van der Waals surface area (Å²) in [6, 6.07) is 13.0. The molecule has 0 radical (unpaired) electrons. The van der Waals surface area contributed by atoms with Crippen LogP contribution < -0.4 is 5.32 Å². The molecule has 2 aromatic carbocycles. The molecule has 0 aliphatic carbocycles. The smallest absolute Gasteiger partial charge is 0.129 e. The Balaban J connectivity index is 1.86. The molecule has 3 aromatic rings. The van der Waals surface area contributed by atoms with Crippen LogP contribution in [0.25, 0.3) is 10.9 Å². The summed E-state index contributed by atoms with van der Waals surface area (Å²) in [7, 11) is 4.12. The molecule has 1 heterocycles. The average Bonchev–Trinajstić information content (AvgIpc) is 2.93. The Bertz CT molecular complexity index is 837. The van der Waals surface area contributed by atoms with E-state index in [1.165, 1.54) is 17.0 Å². The van der Waals surface area contributed by atoms with Gasteiger partial charge in [0.25, 0.3) is 0 Å². The zero-order chi connectivity index (χ0) is 17.8. The van der Waals surface area contributed by atoms with Gasteiger partial charge in [0, 0.05) is 47.3 Å². The van der Waals surface area contributed by atoms with Gasteiger partial charge in [-0.1, -0.05) is 35.9 Å². The fourth-order valence-corrected chi connectivity index (χ4v) is 3.20. The third-order valence-electron chi connectivity index (χ3n) is 4.31. The van der Waals surface area contributed by atoms with Crippen LogP contribution in [0.1, 0.15) is 11.1 Å². The zero-order valence-electron chi connectivity index (χ0n) is 14.6. The summed E-state index contributed by atoms with van der Waals surface area (Å²) in [6.07, 6.45) is 2.09. The van der Waals surface area contributed by atoms with Gasteiger partial charge in [0.2, 0.25) is 0 Å². The highest BCUT2D eigenvalue weighted by Gasteiger charge is 2.12. The molecule has 0 atom stereocenters. The second-order valence-corrected chi connectivity index (χ2v) is 6.89. The number of benzene rings is 2. The van der Waals surface area contributed by atoms with Crippen LogP contribution in [0.4, 0.5) is 4.39 Å². The molecule has 0 saturated heterocycles. The number of para-hydroxylation sites is 1. The van der Waals surface area contributed by atoms with Gasteiger partial charge < -0.3 is 14.8 Å². The van der Waals surface area contributed by atoms with Crippen LogP contribution in [0.3, 0.4) is 0 Å². The number of halogens is 2. The van der Waals surface area contributed by atoms with Crippen LogP contribution in [-0.4, -0.2) is 36.7 Å². The van der Waals surface area contributed by atoms with E-state index in [2.05, 4.69) is 47.2 Å². The van der Waals surface area contributed by atoms with Crippen LogP contribution in [0.5, 0.6) is 0 Å². The Kier molecular flexibility index (Phi) is 5.74. The number of hydrogen-bond donors (Lipinski definition) is 1. The van der Waals surface area contributed by atoms with Crippen LogP contribution in [0.2, 0.25) is 5.02 Å². The molecule has 0 fully saturated rings. The topological polar surface area (TPSA) is 20.2 Å². The molecule has 0 aliphatic rings. The van der Waals surface area contributed by atoms with Crippen molar-refractivity contribution in [3.8, 4) is 0 Å². The second-order valence-electron chi connectivity index (χ2n) is 6.48. The maximum atomic E-state index is 14.2. The SMILES string of the molecule is CN(C)CCNCc1cn(Cc2c(F)cccc2Cl)c2ccccc12. The summed E-state index contributed by atoms with van der Waals surface area (Å²) in [5, 5.41) is 5.12. The minimum absolute atomic E-state index is 0.268. The van der Waals surface area contributed by atoms with E-state index in [1.54, 1.807) is 12.1 Å². The third-order valence-corrected chi connectivity index (χ3v) is 4.67. The lowest BCUT2D eigenvalue weighted by molar-refractivity contribution is 0.400. The zero-order valence-corrected chi connectivity index (χ0v) is 15.4. The Morgan fingerprint density at radius 3 is 2.68 bits per heavy atom. The molecule has 25 heavy (non-hydrogen) atoms. The first-order valence-corrected chi connectivity index (χ1v) is 8.79. The maximum absolute atomic E-state index is 14.2. The first-order valence-electron chi connectivity index (χ1n) is 8.41. The standard InChI is InChI=1S/C20H23ClFN3/c1-24(2)11-10-23-12-15-13-25(20-9-4-3-6-16(15)20)14-17-18(21)7-5-8-19(17)22/h3-9,13,23H,10-12,14H2,1-2H3. The fraction of sp³-hybridized carbons (Fsp3) is 0.300. The summed E-state index contributed by atoms with van der Waals surface area (Å²) < 4.78 is 16.2. The third kappa shape index (κ3) is 4.21. The summed E-state index contributed by atoms with van der Waals surface area (Å²) in [6.45, 7) is 3.12. The molecule has 0 aliphatic heterocycles. The van der Waals surface area contributed by atoms with Gasteiger partial charge >= 0.3 is 0 Å². The summed E-state index contributed by atoms with van der Waals surface area (Å²) >= 11 is 6.20. The van der Waals surface area contributed by atoms with Gasteiger partial charge in [-0.15, -0.1) is 0 Å². The highest BCUT2D eigenvalue weighted by Crippen LogP contribution is 2.25. The van der Waals surface area contributed by atoms with Crippen molar-refractivity contribution in [3.05, 3.63) is 70.6 Å². The van der Waals surface area contributed by atoms with Gasteiger partial charge in [-0.05, 0) is 37.9 Å². The van der Waals surface area contributed by atoms with E-state index in [0.717, 1.165) is 25.2 Å². The van der Waals surface area contributed by atoms with E-state index >= 15 is 0 Å². The van der Waals surface area contributed by atoms with Crippen molar-refractivity contribution in [2.45, 2.75) is 13.1 Å². The van der Waals surface area contributed by atoms with Crippen LogP contribution in [0, 0.1) is 5.82 Å². The first kappa shape index (κ1) is 17.9. The number of aromatic nitrogens is 1. The highest BCUT2D eigenvalue weighted by molar-refractivity contribution is 6.31. The molecule has 0 amide bonds. The van der Waals surface area contributed by atoms with Crippen LogP contribution in [0.15, 0.2) is 48.7 Å². The Morgan fingerprint density at radius 2 is 1.92 bits per heavy atom. The number of likely N-dealkylation sites (N-methyl/N-ethyl adjacent to an activating group) is 1. The predicted molar refractivity (Wildman–Crippen MR) is 103 cm³/mol. The van der Waals surface area contributed by atoms with Crippen molar-refractivity contribution >= 4 is 22.5 Å². The summed E-state index contributed by atoms with van der Waals surface area (Å²) in [5.41, 5.74) is 2.82. The van der Waals surface area contributed by atoms with E-state index in [1.807, 2.05) is 12.1 Å². The van der Waals surface area contributed by atoms with Crippen molar-refractivity contribution in [2.24, 2.45) is 0 Å². The van der Waals surface area contributed by atoms with Gasteiger partial charge in [0.1, 0.15) is 5.82 Å². The Morgan fingerprint density at radius 1 is 1.12 bits per heavy atom. The average molecular weight is 360 g/mol. The lowest BCUT2D eigenvalue weighted by atomic mass is 10.2. The maximum Gasteiger partial charge on any atom is 0.129 e. The van der Waals surface area contributed by atoms with Gasteiger partial charge in [0.05, 0.1) is 6.54 Å². The van der Waals surface area contributed by atoms with E-state index in [4.69, 9.17) is 11.6 Å². The summed E-state index contributed by atoms with van der Waals surface area (Å²) in [4.78, 5) is 2.15. The number of nitrogens with zero attached hydrogens (tertiary/aromatic N) is 2. The minimum Gasteiger partial charge on any atom is -0.343 e. The van der Waals surface area contributed by atoms with Crippen molar-refractivity contribution in [1.29, 1.82) is 0 Å². The Labute approximate surface area is 153 Å². The molecule has 0 bridgehead atoms. The molecule has 1 N–H and O–H groups in total. The molecule has 5 heteroatoms. The van der Waals surface area contributed by atoms with Crippen molar-refractivity contribution in [2.75, 3.05) is 27.2 Å². The van der Waals surface area contributed by atoms with E-state index < -0.39 is 0 Å². The largest absolute Gasteiger partial charge is 0.343 e. The first-order chi connectivity index (χ1) is 12.1. The molecule has 132 valence electrons. The molecular weight excluding hydrogens is 337 g/mol. The van der Waals surface area contributed by atoms with Gasteiger partial charge in [-0.2, -0.15) is 0 Å². The molecule has 0 spiro atoms. The van der Waals surface area contributed by atoms with Gasteiger partial charge in [-0.3, -0.25) is 0 Å². The molecule has 0 unspecified atom stereocenters. The molecule has 3 rings (SSSR count). The number of rotatable bonds is 7. The Hall–Kier alpha value is -1.88. The number of nitrogens with one attached hydrogen (secondary N) is 1. The quantitative estimate of drug-likeness (QED) is 0.640. The van der Waals surface area contributed by atoms with Gasteiger partial charge in [-0.25, -0.2) is 4.39 Å². The molecular formula is C20H23ClFN3. The van der Waals surface area contributed by atoms with Gasteiger partial charge in [0.15, 0.2) is 0 Å². The van der Waals surface area contributed by atoms with Crippen molar-refractivity contribution in [3.63, 3.8) is 0 Å². The number of fused-ring (bicyclic) bond motifs is 1. The van der Waals surface area contributed by atoms with Crippen LogP contribution in [-0.2, 0) is 13.1 Å². The van der Waals surface area contributed by atoms with E-state index in [0.29, 0.717) is 17.1 Å². The predicted octanol–water partition coefficient (Wildman–Crippen LogP) is 4.13.